The smallest absolute Gasteiger partial charge is 0.261 e. The lowest BCUT2D eigenvalue weighted by Gasteiger charge is -2.39. The fourth-order valence-corrected chi connectivity index (χ4v) is 4.63. The molecule has 170 valence electrons. The van der Waals surface area contributed by atoms with Crippen LogP contribution in [-0.4, -0.2) is 75.1 Å². The van der Waals surface area contributed by atoms with Crippen LogP contribution < -0.4 is 14.4 Å². The number of piperazine rings is 1. The highest BCUT2D eigenvalue weighted by atomic mass is 16.5. The molecular weight excluding hydrogens is 406 g/mol. The molecule has 2 aliphatic heterocycles. The summed E-state index contributed by atoms with van der Waals surface area (Å²) in [6, 6.07) is 15.7. The van der Waals surface area contributed by atoms with Gasteiger partial charge in [0.15, 0.2) is 0 Å². The van der Waals surface area contributed by atoms with Gasteiger partial charge in [0, 0.05) is 50.9 Å². The van der Waals surface area contributed by atoms with Crippen molar-refractivity contribution in [1.29, 1.82) is 0 Å². The molecule has 0 N–H and O–H groups in total. The molecule has 32 heavy (non-hydrogen) atoms. The minimum atomic E-state index is -0.110. The SMILES string of the molecule is COc1cccc(OC)c1C(=O)N1CCC(C(=O)N2CCN(c3ccccc3)CC2)CC1. The van der Waals surface area contributed by atoms with E-state index in [2.05, 4.69) is 17.0 Å². The van der Waals surface area contributed by atoms with E-state index in [1.807, 2.05) is 23.1 Å². The normalized spacial score (nSPS) is 17.2. The third-order valence-electron chi connectivity index (χ3n) is 6.49. The molecule has 0 aliphatic carbocycles. The number of methoxy groups -OCH3 is 2. The Kier molecular flexibility index (Phi) is 6.83. The van der Waals surface area contributed by atoms with Crippen LogP contribution in [0.3, 0.4) is 0 Å². The first-order chi connectivity index (χ1) is 15.6. The van der Waals surface area contributed by atoms with Gasteiger partial charge in [-0.05, 0) is 37.1 Å². The van der Waals surface area contributed by atoms with Crippen molar-refractivity contribution in [3.63, 3.8) is 0 Å². The number of amides is 2. The summed E-state index contributed by atoms with van der Waals surface area (Å²) in [4.78, 5) is 32.4. The van der Waals surface area contributed by atoms with Gasteiger partial charge in [-0.1, -0.05) is 24.3 Å². The fourth-order valence-electron chi connectivity index (χ4n) is 4.63. The van der Waals surface area contributed by atoms with Crippen molar-refractivity contribution >= 4 is 17.5 Å². The Balaban J connectivity index is 1.32. The van der Waals surface area contributed by atoms with Gasteiger partial charge in [0.05, 0.1) is 14.2 Å². The predicted octanol–water partition coefficient (Wildman–Crippen LogP) is 2.90. The van der Waals surface area contributed by atoms with E-state index >= 15 is 0 Å². The molecule has 2 aromatic carbocycles. The maximum absolute atomic E-state index is 13.2. The van der Waals surface area contributed by atoms with E-state index in [0.29, 0.717) is 43.0 Å². The number of ether oxygens (including phenoxy) is 2. The highest BCUT2D eigenvalue weighted by molar-refractivity contribution is 6.00. The number of anilines is 1. The highest BCUT2D eigenvalue weighted by Gasteiger charge is 2.33. The zero-order chi connectivity index (χ0) is 22.5. The molecule has 2 amide bonds. The van der Waals surface area contributed by atoms with E-state index in [1.54, 1.807) is 37.3 Å². The number of rotatable bonds is 5. The minimum Gasteiger partial charge on any atom is -0.496 e. The Morgan fingerprint density at radius 1 is 0.750 bits per heavy atom. The number of likely N-dealkylation sites (tertiary alicyclic amines) is 1. The lowest BCUT2D eigenvalue weighted by Crippen LogP contribution is -2.52. The Morgan fingerprint density at radius 3 is 1.91 bits per heavy atom. The van der Waals surface area contributed by atoms with Crippen LogP contribution in [0.5, 0.6) is 11.5 Å². The summed E-state index contributed by atoms with van der Waals surface area (Å²) in [5, 5.41) is 0. The van der Waals surface area contributed by atoms with Crippen LogP contribution in [0, 0.1) is 5.92 Å². The topological polar surface area (TPSA) is 62.3 Å². The maximum Gasteiger partial charge on any atom is 0.261 e. The monoisotopic (exact) mass is 437 g/mol. The lowest BCUT2D eigenvalue weighted by molar-refractivity contribution is -0.137. The molecule has 7 heteroatoms. The molecule has 0 atom stereocenters. The van der Waals surface area contributed by atoms with Crippen molar-refractivity contribution in [3.8, 4) is 11.5 Å². The number of para-hydroxylation sites is 1. The molecule has 0 radical (unpaired) electrons. The number of carbonyl (C=O) groups is 2. The summed E-state index contributed by atoms with van der Waals surface area (Å²) in [5.74, 6) is 1.09. The molecule has 2 saturated heterocycles. The number of hydrogen-bond acceptors (Lipinski definition) is 5. The summed E-state index contributed by atoms with van der Waals surface area (Å²) in [7, 11) is 3.10. The summed E-state index contributed by atoms with van der Waals surface area (Å²) < 4.78 is 10.8. The average molecular weight is 438 g/mol. The van der Waals surface area contributed by atoms with E-state index < -0.39 is 0 Å². The van der Waals surface area contributed by atoms with Crippen LogP contribution in [0.4, 0.5) is 5.69 Å². The largest absolute Gasteiger partial charge is 0.496 e. The van der Waals surface area contributed by atoms with Gasteiger partial charge in [-0.15, -0.1) is 0 Å². The molecule has 0 saturated carbocycles. The van der Waals surface area contributed by atoms with Crippen LogP contribution in [0.25, 0.3) is 0 Å². The van der Waals surface area contributed by atoms with E-state index in [-0.39, 0.29) is 17.7 Å². The molecule has 2 aromatic rings. The zero-order valence-corrected chi connectivity index (χ0v) is 18.8. The molecule has 2 aliphatic rings. The van der Waals surface area contributed by atoms with Crippen molar-refractivity contribution in [2.24, 2.45) is 5.92 Å². The molecule has 0 bridgehead atoms. The molecule has 2 fully saturated rings. The number of hydrogen-bond donors (Lipinski definition) is 0. The van der Waals surface area contributed by atoms with Crippen LogP contribution in [0.15, 0.2) is 48.5 Å². The summed E-state index contributed by atoms with van der Waals surface area (Å²) in [6.45, 7) is 4.29. The first-order valence-electron chi connectivity index (χ1n) is 11.2. The van der Waals surface area contributed by atoms with Gasteiger partial charge >= 0.3 is 0 Å². The van der Waals surface area contributed by atoms with E-state index in [4.69, 9.17) is 9.47 Å². The van der Waals surface area contributed by atoms with Gasteiger partial charge in [-0.2, -0.15) is 0 Å². The Labute approximate surface area is 189 Å². The third kappa shape index (κ3) is 4.52. The van der Waals surface area contributed by atoms with Gasteiger partial charge in [0.25, 0.3) is 5.91 Å². The third-order valence-corrected chi connectivity index (χ3v) is 6.49. The quantitative estimate of drug-likeness (QED) is 0.720. The van der Waals surface area contributed by atoms with E-state index in [9.17, 15) is 9.59 Å². The van der Waals surface area contributed by atoms with Gasteiger partial charge in [0.2, 0.25) is 5.91 Å². The van der Waals surface area contributed by atoms with Crippen LogP contribution in [-0.2, 0) is 4.79 Å². The van der Waals surface area contributed by atoms with Crippen molar-refractivity contribution in [1.82, 2.24) is 9.80 Å². The van der Waals surface area contributed by atoms with Gasteiger partial charge in [-0.3, -0.25) is 9.59 Å². The van der Waals surface area contributed by atoms with Gasteiger partial charge < -0.3 is 24.2 Å². The molecule has 0 aromatic heterocycles. The number of benzene rings is 2. The number of carbonyl (C=O) groups excluding carboxylic acids is 2. The van der Waals surface area contributed by atoms with E-state index in [1.165, 1.54) is 5.69 Å². The van der Waals surface area contributed by atoms with Crippen molar-refractivity contribution < 1.29 is 19.1 Å². The van der Waals surface area contributed by atoms with Crippen molar-refractivity contribution in [2.75, 3.05) is 58.4 Å². The number of nitrogens with zero attached hydrogens (tertiary/aromatic N) is 3. The molecular formula is C25H31N3O4. The molecule has 7 nitrogen and oxygen atoms in total. The van der Waals surface area contributed by atoms with Crippen LogP contribution in [0.1, 0.15) is 23.2 Å². The van der Waals surface area contributed by atoms with E-state index in [0.717, 1.165) is 26.2 Å². The van der Waals surface area contributed by atoms with Gasteiger partial charge in [0.1, 0.15) is 17.1 Å². The number of piperidine rings is 1. The standard InChI is InChI=1S/C25H31N3O4/c1-31-21-9-6-10-22(32-2)23(21)25(30)27-13-11-19(12-14-27)24(29)28-17-15-26(16-18-28)20-7-4-3-5-8-20/h3-10,19H,11-18H2,1-2H3. The summed E-state index contributed by atoms with van der Waals surface area (Å²) in [5.41, 5.74) is 1.65. The zero-order valence-electron chi connectivity index (χ0n) is 18.8. The predicted molar refractivity (Wildman–Crippen MR) is 123 cm³/mol. The summed E-state index contributed by atoms with van der Waals surface area (Å²) >= 11 is 0. The molecule has 4 rings (SSSR count). The Morgan fingerprint density at radius 2 is 1.34 bits per heavy atom. The van der Waals surface area contributed by atoms with Crippen molar-refractivity contribution in [3.05, 3.63) is 54.1 Å². The second kappa shape index (κ2) is 9.94. The van der Waals surface area contributed by atoms with Crippen molar-refractivity contribution in [2.45, 2.75) is 12.8 Å². The Hall–Kier alpha value is -3.22. The lowest BCUT2D eigenvalue weighted by atomic mass is 9.94. The van der Waals surface area contributed by atoms with Crippen LogP contribution >= 0.6 is 0 Å². The first-order valence-corrected chi connectivity index (χ1v) is 11.2. The van der Waals surface area contributed by atoms with Gasteiger partial charge in [-0.25, -0.2) is 0 Å². The summed E-state index contributed by atoms with van der Waals surface area (Å²) in [6.07, 6.45) is 1.36. The molecule has 0 unspecified atom stereocenters. The Bertz CT molecular complexity index is 911. The minimum absolute atomic E-state index is 0.0260. The first kappa shape index (κ1) is 22.0. The van der Waals surface area contributed by atoms with Crippen LogP contribution in [0.2, 0.25) is 0 Å². The second-order valence-electron chi connectivity index (χ2n) is 8.25. The second-order valence-corrected chi connectivity index (χ2v) is 8.25. The fraction of sp³-hybridized carbons (Fsp3) is 0.440. The maximum atomic E-state index is 13.2. The highest BCUT2D eigenvalue weighted by Crippen LogP contribution is 2.31. The molecule has 0 spiro atoms. The average Bonchev–Trinajstić information content (AvgIpc) is 2.88. The molecule has 2 heterocycles.